The highest BCUT2D eigenvalue weighted by molar-refractivity contribution is 5.62. The van der Waals surface area contributed by atoms with Crippen LogP contribution in [0.1, 0.15) is 37.1 Å². The number of rotatable bonds is 5. The molecule has 0 unspecified atom stereocenters. The summed E-state index contributed by atoms with van der Waals surface area (Å²) in [6.45, 7) is 9.31. The second-order valence-electron chi connectivity index (χ2n) is 4.93. The molecule has 0 saturated carbocycles. The van der Waals surface area contributed by atoms with Gasteiger partial charge in [0.25, 0.3) is 0 Å². The molecule has 0 bridgehead atoms. The predicted molar refractivity (Wildman–Crippen MR) is 82.9 cm³/mol. The van der Waals surface area contributed by atoms with Crippen LogP contribution >= 0.6 is 0 Å². The number of aromatic nitrogens is 3. The smallest absolute Gasteiger partial charge is 0.162 e. The Morgan fingerprint density at radius 2 is 1.95 bits per heavy atom. The van der Waals surface area contributed by atoms with Crippen LogP contribution in [-0.4, -0.2) is 21.5 Å². The van der Waals surface area contributed by atoms with Gasteiger partial charge >= 0.3 is 0 Å². The number of hydrogen-bond donors (Lipinski definition) is 1. The second kappa shape index (κ2) is 6.46. The lowest BCUT2D eigenvalue weighted by atomic mass is 10.1. The molecule has 20 heavy (non-hydrogen) atoms. The zero-order valence-electron chi connectivity index (χ0n) is 12.7. The molecule has 2 aromatic rings. The molecule has 4 heteroatoms. The van der Waals surface area contributed by atoms with Crippen molar-refractivity contribution in [3.63, 3.8) is 0 Å². The molecule has 4 nitrogen and oxygen atoms in total. The lowest BCUT2D eigenvalue weighted by Gasteiger charge is -2.14. The van der Waals surface area contributed by atoms with Gasteiger partial charge in [-0.3, -0.25) is 4.98 Å². The van der Waals surface area contributed by atoms with E-state index in [1.54, 1.807) is 6.20 Å². The SMILES string of the molecule is CCCNc1nc(-c2ccncc2C)nc(C)c1CC. The molecule has 2 rings (SSSR count). The summed E-state index contributed by atoms with van der Waals surface area (Å²) in [5.74, 6) is 1.74. The molecular weight excluding hydrogens is 248 g/mol. The van der Waals surface area contributed by atoms with Crippen molar-refractivity contribution >= 4 is 5.82 Å². The minimum atomic E-state index is 0.776. The molecule has 106 valence electrons. The van der Waals surface area contributed by atoms with Crippen molar-refractivity contribution < 1.29 is 0 Å². The fourth-order valence-corrected chi connectivity index (χ4v) is 2.25. The molecule has 0 aliphatic carbocycles. The van der Waals surface area contributed by atoms with Gasteiger partial charge in [0.05, 0.1) is 0 Å². The van der Waals surface area contributed by atoms with Crippen LogP contribution in [0.5, 0.6) is 0 Å². The first kappa shape index (κ1) is 14.4. The minimum Gasteiger partial charge on any atom is -0.370 e. The van der Waals surface area contributed by atoms with Crippen molar-refractivity contribution in [2.45, 2.75) is 40.5 Å². The Balaban J connectivity index is 2.50. The van der Waals surface area contributed by atoms with Gasteiger partial charge in [-0.05, 0) is 38.3 Å². The average molecular weight is 270 g/mol. The number of nitrogens with zero attached hydrogens (tertiary/aromatic N) is 3. The van der Waals surface area contributed by atoms with Crippen molar-refractivity contribution in [2.24, 2.45) is 0 Å². The van der Waals surface area contributed by atoms with Crippen molar-refractivity contribution in [1.29, 1.82) is 0 Å². The van der Waals surface area contributed by atoms with Crippen molar-refractivity contribution in [3.8, 4) is 11.4 Å². The Labute approximate surface area is 120 Å². The third-order valence-corrected chi connectivity index (χ3v) is 3.37. The minimum absolute atomic E-state index is 0.776. The van der Waals surface area contributed by atoms with Crippen molar-refractivity contribution in [3.05, 3.63) is 35.3 Å². The summed E-state index contributed by atoms with van der Waals surface area (Å²) >= 11 is 0. The third-order valence-electron chi connectivity index (χ3n) is 3.37. The molecule has 0 amide bonds. The normalized spacial score (nSPS) is 10.6. The number of pyridine rings is 1. The van der Waals surface area contributed by atoms with Crippen LogP contribution < -0.4 is 5.32 Å². The molecule has 0 radical (unpaired) electrons. The molecule has 2 aromatic heterocycles. The van der Waals surface area contributed by atoms with Gasteiger partial charge in [-0.25, -0.2) is 9.97 Å². The Bertz CT molecular complexity index is 593. The van der Waals surface area contributed by atoms with Crippen molar-refractivity contribution in [1.82, 2.24) is 15.0 Å². The summed E-state index contributed by atoms with van der Waals surface area (Å²) in [6.07, 6.45) is 5.65. The Kier molecular flexibility index (Phi) is 4.66. The van der Waals surface area contributed by atoms with Crippen LogP contribution in [0.15, 0.2) is 18.5 Å². The van der Waals surface area contributed by atoms with E-state index in [4.69, 9.17) is 4.98 Å². The van der Waals surface area contributed by atoms with Gasteiger partial charge in [0.15, 0.2) is 5.82 Å². The first-order valence-electron chi connectivity index (χ1n) is 7.19. The maximum Gasteiger partial charge on any atom is 0.162 e. The number of nitrogens with one attached hydrogen (secondary N) is 1. The van der Waals surface area contributed by atoms with E-state index in [1.807, 2.05) is 19.2 Å². The van der Waals surface area contributed by atoms with Gasteiger partial charge in [-0.15, -0.1) is 0 Å². The zero-order valence-corrected chi connectivity index (χ0v) is 12.7. The summed E-state index contributed by atoms with van der Waals surface area (Å²) in [7, 11) is 0. The van der Waals surface area contributed by atoms with E-state index < -0.39 is 0 Å². The number of aryl methyl sites for hydroxylation is 2. The fraction of sp³-hybridized carbons (Fsp3) is 0.438. The molecule has 0 aliphatic heterocycles. The largest absolute Gasteiger partial charge is 0.370 e. The van der Waals surface area contributed by atoms with E-state index in [0.717, 1.165) is 47.8 Å². The van der Waals surface area contributed by atoms with E-state index in [2.05, 4.69) is 36.1 Å². The van der Waals surface area contributed by atoms with Crippen molar-refractivity contribution in [2.75, 3.05) is 11.9 Å². The van der Waals surface area contributed by atoms with Crippen LogP contribution in [0, 0.1) is 13.8 Å². The lowest BCUT2D eigenvalue weighted by molar-refractivity contribution is 0.938. The summed E-state index contributed by atoms with van der Waals surface area (Å²) < 4.78 is 0. The molecule has 0 aliphatic rings. The van der Waals surface area contributed by atoms with Gasteiger partial charge in [0.2, 0.25) is 0 Å². The van der Waals surface area contributed by atoms with Crippen LogP contribution in [0.2, 0.25) is 0 Å². The monoisotopic (exact) mass is 270 g/mol. The standard InChI is InChI=1S/C16H22N4/c1-5-8-18-15-13(6-2)12(4)19-16(20-15)14-7-9-17-10-11(14)3/h7,9-10H,5-6,8H2,1-4H3,(H,18,19,20). The van der Waals surface area contributed by atoms with Gasteiger partial charge in [-0.1, -0.05) is 13.8 Å². The van der Waals surface area contributed by atoms with E-state index >= 15 is 0 Å². The van der Waals surface area contributed by atoms with E-state index in [1.165, 1.54) is 5.56 Å². The van der Waals surface area contributed by atoms with Gasteiger partial charge in [0.1, 0.15) is 5.82 Å². The summed E-state index contributed by atoms with van der Waals surface area (Å²) in [5, 5.41) is 3.42. The Morgan fingerprint density at radius 1 is 1.15 bits per heavy atom. The molecular formula is C16H22N4. The zero-order chi connectivity index (χ0) is 14.5. The van der Waals surface area contributed by atoms with E-state index in [0.29, 0.717) is 0 Å². The Morgan fingerprint density at radius 3 is 2.60 bits per heavy atom. The highest BCUT2D eigenvalue weighted by atomic mass is 15.0. The van der Waals surface area contributed by atoms with E-state index in [-0.39, 0.29) is 0 Å². The van der Waals surface area contributed by atoms with Gasteiger partial charge < -0.3 is 5.32 Å². The summed E-state index contributed by atoms with van der Waals surface area (Å²) in [4.78, 5) is 13.5. The second-order valence-corrected chi connectivity index (χ2v) is 4.93. The van der Waals surface area contributed by atoms with Crippen LogP contribution in [0.3, 0.4) is 0 Å². The fourth-order valence-electron chi connectivity index (χ4n) is 2.25. The summed E-state index contributed by atoms with van der Waals surface area (Å²) in [5.41, 5.74) is 4.39. The highest BCUT2D eigenvalue weighted by Gasteiger charge is 2.12. The average Bonchev–Trinajstić information content (AvgIpc) is 2.45. The number of anilines is 1. The highest BCUT2D eigenvalue weighted by Crippen LogP contribution is 2.24. The molecule has 0 spiro atoms. The van der Waals surface area contributed by atoms with Crippen LogP contribution in [0.4, 0.5) is 5.82 Å². The molecule has 0 fully saturated rings. The maximum absolute atomic E-state index is 4.72. The maximum atomic E-state index is 4.72. The molecule has 2 heterocycles. The Hall–Kier alpha value is -1.97. The third kappa shape index (κ3) is 2.95. The quantitative estimate of drug-likeness (QED) is 0.903. The van der Waals surface area contributed by atoms with Crippen LogP contribution in [0.25, 0.3) is 11.4 Å². The molecule has 0 atom stereocenters. The molecule has 0 aromatic carbocycles. The van der Waals surface area contributed by atoms with Crippen LogP contribution in [-0.2, 0) is 6.42 Å². The summed E-state index contributed by atoms with van der Waals surface area (Å²) in [6, 6.07) is 1.97. The topological polar surface area (TPSA) is 50.7 Å². The van der Waals surface area contributed by atoms with Gasteiger partial charge in [0, 0.05) is 35.8 Å². The van der Waals surface area contributed by atoms with E-state index in [9.17, 15) is 0 Å². The molecule has 1 N–H and O–H groups in total. The number of hydrogen-bond acceptors (Lipinski definition) is 4. The first-order valence-corrected chi connectivity index (χ1v) is 7.19. The lowest BCUT2D eigenvalue weighted by Crippen LogP contribution is -2.09. The van der Waals surface area contributed by atoms with Gasteiger partial charge in [-0.2, -0.15) is 0 Å². The first-order chi connectivity index (χ1) is 9.67. The molecule has 0 saturated heterocycles. The predicted octanol–water partition coefficient (Wildman–Crippen LogP) is 3.54.